The molecule has 0 N–H and O–H groups in total. The number of methoxy groups -OCH3 is 8. The smallest absolute Gasteiger partial charge is 0.203 e. The lowest BCUT2D eigenvalue weighted by Gasteiger charge is -2.17. The summed E-state index contributed by atoms with van der Waals surface area (Å²) in [5.41, 5.74) is 1.74. The highest BCUT2D eigenvalue weighted by atomic mass is 32.2. The summed E-state index contributed by atoms with van der Waals surface area (Å²) in [6.07, 6.45) is 3.59. The van der Waals surface area contributed by atoms with Crippen LogP contribution in [0, 0.1) is 0 Å². The van der Waals surface area contributed by atoms with Crippen molar-refractivity contribution in [2.24, 2.45) is 0 Å². The number of sulfone groups is 1. The topological polar surface area (TPSA) is 108 Å². The van der Waals surface area contributed by atoms with E-state index in [-0.39, 0.29) is 22.1 Å². The largest absolute Gasteiger partial charge is 0.493 e. The lowest BCUT2D eigenvalue weighted by Crippen LogP contribution is -2.09. The third kappa shape index (κ3) is 6.15. The fourth-order valence-corrected chi connectivity index (χ4v) is 5.62. The minimum Gasteiger partial charge on any atom is -0.493 e. The summed E-state index contributed by atoms with van der Waals surface area (Å²) in [5.74, 6) is 2.45. The molecular formula is C29H34O10S. The average molecular weight is 575 g/mol. The van der Waals surface area contributed by atoms with Crippen molar-refractivity contribution in [2.45, 2.75) is 10.6 Å². The molecule has 3 aromatic rings. The number of hydrogen-bond donors (Lipinski definition) is 0. The van der Waals surface area contributed by atoms with Gasteiger partial charge in [0.25, 0.3) is 0 Å². The van der Waals surface area contributed by atoms with Gasteiger partial charge in [-0.1, -0.05) is 18.2 Å². The molecule has 0 amide bonds. The molecule has 0 spiro atoms. The van der Waals surface area contributed by atoms with Gasteiger partial charge in [-0.05, 0) is 29.3 Å². The lowest BCUT2D eigenvalue weighted by molar-refractivity contribution is 0.323. The van der Waals surface area contributed by atoms with Crippen LogP contribution in [0.1, 0.15) is 16.7 Å². The quantitative estimate of drug-likeness (QED) is 0.262. The third-order valence-corrected chi connectivity index (χ3v) is 7.78. The Balaban J connectivity index is 2.15. The maximum absolute atomic E-state index is 13.7. The van der Waals surface area contributed by atoms with E-state index in [9.17, 15) is 8.42 Å². The van der Waals surface area contributed by atoms with E-state index in [0.29, 0.717) is 39.9 Å². The van der Waals surface area contributed by atoms with Gasteiger partial charge in [0.2, 0.25) is 11.5 Å². The Morgan fingerprint density at radius 3 is 1.43 bits per heavy atom. The minimum absolute atomic E-state index is 0.00794. The number of rotatable bonds is 13. The monoisotopic (exact) mass is 574 g/mol. The molecule has 0 aromatic heterocycles. The van der Waals surface area contributed by atoms with E-state index >= 15 is 0 Å². The normalized spacial score (nSPS) is 11.2. The maximum Gasteiger partial charge on any atom is 0.203 e. The highest BCUT2D eigenvalue weighted by Crippen LogP contribution is 2.42. The molecule has 11 heteroatoms. The van der Waals surface area contributed by atoms with Gasteiger partial charge in [-0.2, -0.15) is 0 Å². The number of hydrogen-bond acceptors (Lipinski definition) is 10. The molecule has 3 rings (SSSR count). The molecule has 40 heavy (non-hydrogen) atoms. The van der Waals surface area contributed by atoms with Crippen LogP contribution in [0.5, 0.6) is 46.0 Å². The summed E-state index contributed by atoms with van der Waals surface area (Å²) >= 11 is 0. The Labute approximate surface area is 234 Å². The first kappa shape index (κ1) is 30.3. The Morgan fingerprint density at radius 1 is 0.550 bits per heavy atom. The van der Waals surface area contributed by atoms with Crippen LogP contribution in [0.4, 0.5) is 0 Å². The first-order valence-electron chi connectivity index (χ1n) is 12.0. The van der Waals surface area contributed by atoms with Crippen molar-refractivity contribution in [3.05, 3.63) is 53.1 Å². The van der Waals surface area contributed by atoms with Crippen molar-refractivity contribution < 1.29 is 46.3 Å². The van der Waals surface area contributed by atoms with E-state index in [2.05, 4.69) is 0 Å². The molecule has 10 nitrogen and oxygen atoms in total. The predicted molar refractivity (Wildman–Crippen MR) is 152 cm³/mol. The molecule has 3 aromatic carbocycles. The fraction of sp³-hybridized carbons (Fsp3) is 0.310. The molecule has 0 atom stereocenters. The van der Waals surface area contributed by atoms with Gasteiger partial charge in [0.05, 0.1) is 67.5 Å². The van der Waals surface area contributed by atoms with Crippen molar-refractivity contribution in [2.75, 3.05) is 56.9 Å². The molecule has 0 unspecified atom stereocenters. The molecule has 216 valence electrons. The Bertz CT molecular complexity index is 1430. The second kappa shape index (κ2) is 13.2. The van der Waals surface area contributed by atoms with E-state index in [1.807, 2.05) is 0 Å². The van der Waals surface area contributed by atoms with Crippen molar-refractivity contribution >= 4 is 22.0 Å². The van der Waals surface area contributed by atoms with E-state index in [0.717, 1.165) is 5.56 Å². The third-order valence-electron chi connectivity index (χ3n) is 6.16. The highest BCUT2D eigenvalue weighted by Gasteiger charge is 2.26. The molecular weight excluding hydrogens is 540 g/mol. The SMILES string of the molecule is COc1cc(/C=C\c2ccc(OC)c(OC)c2CS(=O)(=O)c2cc(OC)c(OC)c(OC)c2)cc(OC)c1OC. The molecule has 0 fully saturated rings. The van der Waals surface area contributed by atoms with Gasteiger partial charge in [-0.3, -0.25) is 0 Å². The summed E-state index contributed by atoms with van der Waals surface area (Å²) in [6.45, 7) is 0. The van der Waals surface area contributed by atoms with Crippen LogP contribution in [-0.4, -0.2) is 65.3 Å². The van der Waals surface area contributed by atoms with E-state index in [1.165, 1.54) is 69.0 Å². The summed E-state index contributed by atoms with van der Waals surface area (Å²) in [6, 6.07) is 9.83. The second-order valence-electron chi connectivity index (χ2n) is 8.28. The van der Waals surface area contributed by atoms with Crippen LogP contribution < -0.4 is 37.9 Å². The van der Waals surface area contributed by atoms with Crippen LogP contribution in [0.25, 0.3) is 12.2 Å². The zero-order valence-corrected chi connectivity index (χ0v) is 24.6. The van der Waals surface area contributed by atoms with Gasteiger partial charge in [0.1, 0.15) is 0 Å². The Morgan fingerprint density at radius 2 is 1.00 bits per heavy atom. The van der Waals surface area contributed by atoms with Gasteiger partial charge in [0, 0.05) is 17.7 Å². The predicted octanol–water partition coefficient (Wildman–Crippen LogP) is 4.90. The molecule has 0 aliphatic rings. The van der Waals surface area contributed by atoms with Crippen LogP contribution in [-0.2, 0) is 15.6 Å². The number of ether oxygens (including phenoxy) is 8. The second-order valence-corrected chi connectivity index (χ2v) is 10.3. The number of benzene rings is 3. The zero-order valence-electron chi connectivity index (χ0n) is 23.8. The van der Waals surface area contributed by atoms with Crippen molar-refractivity contribution in [1.82, 2.24) is 0 Å². The van der Waals surface area contributed by atoms with Gasteiger partial charge in [-0.15, -0.1) is 0 Å². The van der Waals surface area contributed by atoms with E-state index in [1.54, 1.807) is 36.4 Å². The zero-order chi connectivity index (χ0) is 29.4. The maximum atomic E-state index is 13.7. The minimum atomic E-state index is -3.94. The Hall–Kier alpha value is -4.25. The molecule has 0 bridgehead atoms. The van der Waals surface area contributed by atoms with E-state index in [4.69, 9.17) is 37.9 Å². The average Bonchev–Trinajstić information content (AvgIpc) is 2.98. The summed E-state index contributed by atoms with van der Waals surface area (Å²) in [4.78, 5) is -0.00794. The van der Waals surface area contributed by atoms with Gasteiger partial charge in [-0.25, -0.2) is 8.42 Å². The van der Waals surface area contributed by atoms with Gasteiger partial charge >= 0.3 is 0 Å². The summed E-state index contributed by atoms with van der Waals surface area (Å²) < 4.78 is 70.9. The molecule has 0 aliphatic carbocycles. The molecule has 0 saturated heterocycles. The van der Waals surface area contributed by atoms with Crippen LogP contribution in [0.15, 0.2) is 41.3 Å². The molecule has 0 saturated carbocycles. The van der Waals surface area contributed by atoms with Crippen molar-refractivity contribution in [3.63, 3.8) is 0 Å². The van der Waals surface area contributed by atoms with Crippen LogP contribution in [0.2, 0.25) is 0 Å². The van der Waals surface area contributed by atoms with Gasteiger partial charge < -0.3 is 37.9 Å². The molecule has 0 radical (unpaired) electrons. The molecule has 0 aliphatic heterocycles. The van der Waals surface area contributed by atoms with Crippen LogP contribution >= 0.6 is 0 Å². The van der Waals surface area contributed by atoms with Gasteiger partial charge in [0.15, 0.2) is 44.3 Å². The lowest BCUT2D eigenvalue weighted by atomic mass is 10.0. The van der Waals surface area contributed by atoms with Crippen LogP contribution in [0.3, 0.4) is 0 Å². The standard InChI is InChI=1S/C29H34O10S/c1-32-22-12-11-19(10-9-18-13-23(33-2)28(38-7)24(14-18)34-3)21(27(22)37-6)17-40(30,31)20-15-25(35-4)29(39-8)26(16-20)36-5/h9-16H,17H2,1-8H3/b10-9-. The summed E-state index contributed by atoms with van der Waals surface area (Å²) in [7, 11) is 7.89. The molecule has 0 heterocycles. The van der Waals surface area contributed by atoms with E-state index < -0.39 is 15.6 Å². The first-order chi connectivity index (χ1) is 19.2. The fourth-order valence-electron chi connectivity index (χ4n) is 4.20. The van der Waals surface area contributed by atoms with Crippen molar-refractivity contribution in [3.8, 4) is 46.0 Å². The Kier molecular flexibility index (Phi) is 10.0. The van der Waals surface area contributed by atoms with Crippen molar-refractivity contribution in [1.29, 1.82) is 0 Å². The highest BCUT2D eigenvalue weighted by molar-refractivity contribution is 7.90. The first-order valence-corrected chi connectivity index (χ1v) is 13.6. The summed E-state index contributed by atoms with van der Waals surface area (Å²) in [5, 5.41) is 0.